The van der Waals surface area contributed by atoms with Crippen molar-refractivity contribution in [3.63, 3.8) is 0 Å². The Kier molecular flexibility index (Phi) is 5.61. The van der Waals surface area contributed by atoms with Crippen LogP contribution < -0.4 is 3.71 Å². The molecule has 0 aliphatic carbocycles. The van der Waals surface area contributed by atoms with Crippen molar-refractivity contribution in [1.29, 1.82) is 0 Å². The summed E-state index contributed by atoms with van der Waals surface area (Å²) in [5.74, 6) is 0.577. The second-order valence-corrected chi connectivity index (χ2v) is 11.9. The lowest BCUT2D eigenvalue weighted by Crippen LogP contribution is -2.41. The van der Waals surface area contributed by atoms with Gasteiger partial charge in [0.15, 0.2) is 5.76 Å². The normalized spacial score (nSPS) is 21.7. The molecule has 4 heterocycles. The van der Waals surface area contributed by atoms with Gasteiger partial charge in [-0.05, 0) is 49.2 Å². The molecular weight excluding hydrogens is 442 g/mol. The van der Waals surface area contributed by atoms with Gasteiger partial charge in [0.2, 0.25) is 20.0 Å². The zero-order chi connectivity index (χ0) is 22.4. The van der Waals surface area contributed by atoms with E-state index >= 15 is 0 Å². The Bertz CT molecular complexity index is 1150. The zero-order valence-electron chi connectivity index (χ0n) is 17.4. The molecule has 3 aliphatic rings. The quantitative estimate of drug-likeness (QED) is 0.657. The Balaban J connectivity index is 1.56. The van der Waals surface area contributed by atoms with Gasteiger partial charge in [0.25, 0.3) is 5.91 Å². The summed E-state index contributed by atoms with van der Waals surface area (Å²) in [6.07, 6.45) is 3.60. The Labute approximate surface area is 182 Å². The van der Waals surface area contributed by atoms with E-state index in [-0.39, 0.29) is 23.4 Å². The maximum atomic E-state index is 13.0. The first-order valence-corrected chi connectivity index (χ1v) is 13.7. The number of rotatable bonds is 5. The van der Waals surface area contributed by atoms with E-state index in [2.05, 4.69) is 4.90 Å². The molecule has 1 aromatic heterocycles. The molecule has 5 rings (SSSR count). The third kappa shape index (κ3) is 4.48. The first-order valence-electron chi connectivity index (χ1n) is 9.98. The molecule has 0 atom stereocenters. The van der Waals surface area contributed by atoms with Gasteiger partial charge in [-0.3, -0.25) is 4.79 Å². The van der Waals surface area contributed by atoms with Gasteiger partial charge < -0.3 is 14.2 Å². The van der Waals surface area contributed by atoms with Crippen LogP contribution in [0.1, 0.15) is 23.4 Å². The minimum absolute atomic E-state index is 0.00644. The molecule has 0 radical (unpaired) electrons. The first-order chi connectivity index (χ1) is 14.5. The fraction of sp³-hybridized carbons (Fsp3) is 0.450. The van der Waals surface area contributed by atoms with E-state index in [9.17, 15) is 21.6 Å². The predicted octanol–water partition coefficient (Wildman–Crippen LogP) is 1.59. The molecule has 168 valence electrons. The Morgan fingerprint density at radius 2 is 1.52 bits per heavy atom. The second-order valence-electron chi connectivity index (χ2n) is 8.01. The number of hydrogen-bond donors (Lipinski definition) is 0. The molecule has 0 N–H and O–H groups in total. The van der Waals surface area contributed by atoms with E-state index < -0.39 is 20.0 Å². The number of carbonyl (C=O) groups excluding carboxylic acids is 1. The van der Waals surface area contributed by atoms with Crippen molar-refractivity contribution in [3.05, 3.63) is 42.2 Å². The highest BCUT2D eigenvalue weighted by molar-refractivity contribution is 8.09. The minimum atomic E-state index is -4.01. The summed E-state index contributed by atoms with van der Waals surface area (Å²) in [5.41, 5.74) is 0.611. The molecule has 31 heavy (non-hydrogen) atoms. The van der Waals surface area contributed by atoms with E-state index in [1.165, 1.54) is 12.1 Å². The van der Waals surface area contributed by atoms with Gasteiger partial charge in [-0.25, -0.2) is 16.8 Å². The lowest BCUT2D eigenvalue weighted by Gasteiger charge is -2.30. The van der Waals surface area contributed by atoms with Gasteiger partial charge in [-0.2, -0.15) is 3.71 Å². The monoisotopic (exact) mass is 467 g/mol. The van der Waals surface area contributed by atoms with Crippen LogP contribution in [-0.4, -0.2) is 77.3 Å². The van der Waals surface area contributed by atoms with Crippen LogP contribution in [0.2, 0.25) is 0 Å². The highest BCUT2D eigenvalue weighted by Crippen LogP contribution is 2.29. The Morgan fingerprint density at radius 1 is 0.903 bits per heavy atom. The Morgan fingerprint density at radius 3 is 2.10 bits per heavy atom. The number of nitrogens with zero attached hydrogens (tertiary/aromatic N) is 3. The van der Waals surface area contributed by atoms with Crippen LogP contribution in [0.15, 0.2) is 40.8 Å². The Hall–Kier alpha value is -2.37. The van der Waals surface area contributed by atoms with Crippen LogP contribution in [-0.2, 0) is 20.0 Å². The van der Waals surface area contributed by atoms with Gasteiger partial charge in [0, 0.05) is 37.8 Å². The number of carbonyl (C=O) groups is 1. The number of fused-ring (bicyclic) bond motifs is 4. The van der Waals surface area contributed by atoms with E-state index in [1.807, 2.05) is 4.90 Å². The van der Waals surface area contributed by atoms with Gasteiger partial charge in [0.1, 0.15) is 5.76 Å². The number of piperidine rings is 1. The van der Waals surface area contributed by atoms with Crippen molar-refractivity contribution >= 4 is 31.6 Å². The lowest BCUT2D eigenvalue weighted by atomic mass is 10.1. The van der Waals surface area contributed by atoms with Gasteiger partial charge in [-0.15, -0.1) is 0 Å². The van der Waals surface area contributed by atoms with Crippen molar-refractivity contribution in [2.24, 2.45) is 0 Å². The molecule has 0 spiro atoms. The number of hydrogen-bond acceptors (Lipinski definition) is 7. The smallest absolute Gasteiger partial charge is 0.289 e. The molecule has 1 amide bonds. The predicted molar refractivity (Wildman–Crippen MR) is 117 cm³/mol. The number of benzene rings is 1. The van der Waals surface area contributed by atoms with Gasteiger partial charge >= 0.3 is 0 Å². The zero-order valence-corrected chi connectivity index (χ0v) is 19.0. The summed E-state index contributed by atoms with van der Waals surface area (Å²) in [6.45, 7) is 3.58. The van der Waals surface area contributed by atoms with E-state index in [1.54, 1.807) is 24.3 Å². The van der Waals surface area contributed by atoms with Crippen molar-refractivity contribution in [2.75, 3.05) is 42.4 Å². The van der Waals surface area contributed by atoms with Crippen molar-refractivity contribution in [2.45, 2.75) is 18.9 Å². The summed E-state index contributed by atoms with van der Waals surface area (Å²) in [4.78, 5) is 17.3. The lowest BCUT2D eigenvalue weighted by molar-refractivity contribution is 0.0653. The topological polar surface area (TPSA) is 108 Å². The van der Waals surface area contributed by atoms with Crippen molar-refractivity contribution < 1.29 is 26.0 Å². The fourth-order valence-electron chi connectivity index (χ4n) is 4.28. The fourth-order valence-corrected chi connectivity index (χ4v) is 7.26. The standard InChI is InChI=1S/C20H25N3O6S2/c1-30(25,26)23(31(2,27)28)17-5-3-15(4-6-17)18-7-8-19(29-18)20(24)22-14-13-21-11-9-16(22)10-12-21/h3-8,16H,9-14H2,1-2H3. The third-order valence-electron chi connectivity index (χ3n) is 5.70. The summed E-state index contributed by atoms with van der Waals surface area (Å²) in [6, 6.07) is 9.47. The molecule has 2 aromatic rings. The van der Waals surface area contributed by atoms with Crippen molar-refractivity contribution in [3.8, 4) is 11.3 Å². The first kappa shape index (κ1) is 21.8. The minimum Gasteiger partial charge on any atom is -0.451 e. The average molecular weight is 468 g/mol. The van der Waals surface area contributed by atoms with Gasteiger partial charge in [-0.1, -0.05) is 0 Å². The summed E-state index contributed by atoms with van der Waals surface area (Å²) < 4.78 is 53.9. The summed E-state index contributed by atoms with van der Waals surface area (Å²) in [7, 11) is -8.02. The van der Waals surface area contributed by atoms with Crippen LogP contribution in [0.3, 0.4) is 0 Å². The summed E-state index contributed by atoms with van der Waals surface area (Å²) >= 11 is 0. The maximum Gasteiger partial charge on any atom is 0.289 e. The third-order valence-corrected chi connectivity index (χ3v) is 8.95. The number of furan rings is 1. The molecule has 1 aromatic carbocycles. The molecule has 3 aliphatic heterocycles. The van der Waals surface area contributed by atoms with E-state index in [0.29, 0.717) is 21.6 Å². The highest BCUT2D eigenvalue weighted by atomic mass is 32.3. The SMILES string of the molecule is CS(=O)(=O)N(c1ccc(-c2ccc(C(=O)N3CCN4CCC3CC4)o2)cc1)S(C)(=O)=O. The van der Waals surface area contributed by atoms with Crippen LogP contribution in [0, 0.1) is 0 Å². The van der Waals surface area contributed by atoms with Gasteiger partial charge in [0.05, 0.1) is 18.2 Å². The summed E-state index contributed by atoms with van der Waals surface area (Å²) in [5, 5.41) is 0. The molecule has 0 unspecified atom stereocenters. The molecule has 11 heteroatoms. The van der Waals surface area contributed by atoms with E-state index in [0.717, 1.165) is 45.0 Å². The molecule has 3 fully saturated rings. The molecule has 0 saturated carbocycles. The largest absolute Gasteiger partial charge is 0.451 e. The second kappa shape index (κ2) is 7.95. The van der Waals surface area contributed by atoms with E-state index in [4.69, 9.17) is 4.42 Å². The molecular formula is C20H25N3O6S2. The average Bonchev–Trinajstić information content (AvgIpc) is 2.99. The highest BCUT2D eigenvalue weighted by Gasteiger charge is 2.33. The van der Waals surface area contributed by atoms with Crippen LogP contribution in [0.4, 0.5) is 5.69 Å². The number of sulfonamides is 2. The number of amides is 1. The molecule has 2 bridgehead atoms. The molecule has 9 nitrogen and oxygen atoms in total. The van der Waals surface area contributed by atoms with Crippen LogP contribution in [0.5, 0.6) is 0 Å². The van der Waals surface area contributed by atoms with Crippen LogP contribution in [0.25, 0.3) is 11.3 Å². The van der Waals surface area contributed by atoms with Crippen molar-refractivity contribution in [1.82, 2.24) is 9.80 Å². The maximum absolute atomic E-state index is 13.0. The van der Waals surface area contributed by atoms with Crippen LogP contribution >= 0.6 is 0 Å². The number of anilines is 1. The molecule has 3 saturated heterocycles.